The van der Waals surface area contributed by atoms with Crippen LogP contribution in [0.15, 0.2) is 12.3 Å². The summed E-state index contributed by atoms with van der Waals surface area (Å²) in [5, 5.41) is 3.46. The second kappa shape index (κ2) is 4.43. The van der Waals surface area contributed by atoms with E-state index in [1.54, 1.807) is 6.07 Å². The van der Waals surface area contributed by atoms with Crippen molar-refractivity contribution >= 4 is 23.3 Å². The average Bonchev–Trinajstić information content (AvgIpc) is 3.22. The summed E-state index contributed by atoms with van der Waals surface area (Å²) < 4.78 is 0. The van der Waals surface area contributed by atoms with Crippen LogP contribution in [-0.4, -0.2) is 16.9 Å². The third-order valence-corrected chi connectivity index (χ3v) is 3.99. The molecular formula is C13H16ClN3O. The molecule has 0 bridgehead atoms. The normalized spacial score (nSPS) is 19.0. The summed E-state index contributed by atoms with van der Waals surface area (Å²) in [7, 11) is 0. The highest BCUT2D eigenvalue weighted by atomic mass is 35.5. The Bertz CT molecular complexity index is 471. The molecule has 18 heavy (non-hydrogen) atoms. The predicted octanol–water partition coefficient (Wildman–Crippen LogP) is 2.24. The Labute approximate surface area is 111 Å². The number of anilines is 1. The highest BCUT2D eigenvalue weighted by molar-refractivity contribution is 6.33. The van der Waals surface area contributed by atoms with Gasteiger partial charge in [-0.25, -0.2) is 4.98 Å². The van der Waals surface area contributed by atoms with Crippen LogP contribution in [0.2, 0.25) is 5.02 Å². The van der Waals surface area contributed by atoms with Gasteiger partial charge < -0.3 is 11.1 Å². The molecular weight excluding hydrogens is 250 g/mol. The van der Waals surface area contributed by atoms with Crippen molar-refractivity contribution in [3.63, 3.8) is 0 Å². The summed E-state index contributed by atoms with van der Waals surface area (Å²) in [6.45, 7) is 0. The average molecular weight is 266 g/mol. The van der Waals surface area contributed by atoms with Crippen molar-refractivity contribution in [1.29, 1.82) is 0 Å². The molecule has 5 heteroatoms. The Kier molecular flexibility index (Phi) is 2.90. The largest absolute Gasteiger partial charge is 0.382 e. The Hall–Kier alpha value is -1.29. The van der Waals surface area contributed by atoms with Crippen LogP contribution in [0.3, 0.4) is 0 Å². The van der Waals surface area contributed by atoms with E-state index < -0.39 is 0 Å². The molecule has 3 N–H and O–H groups in total. The van der Waals surface area contributed by atoms with Crippen molar-refractivity contribution < 1.29 is 4.79 Å². The zero-order valence-electron chi connectivity index (χ0n) is 10.0. The second-order valence-electron chi connectivity index (χ2n) is 5.27. The van der Waals surface area contributed by atoms with Crippen molar-refractivity contribution in [3.8, 4) is 0 Å². The van der Waals surface area contributed by atoms with Crippen molar-refractivity contribution in [2.24, 2.45) is 11.8 Å². The van der Waals surface area contributed by atoms with Crippen LogP contribution in [0.5, 0.6) is 0 Å². The molecule has 0 aliphatic heterocycles. The predicted molar refractivity (Wildman–Crippen MR) is 70.4 cm³/mol. The number of rotatable bonds is 4. The maximum atomic E-state index is 12.1. The molecule has 2 fully saturated rings. The number of aromatic nitrogens is 1. The SMILES string of the molecule is Nc1ncc(C(=O)NC(C2CC2)C2CC2)cc1Cl. The van der Waals surface area contributed by atoms with Crippen molar-refractivity contribution in [3.05, 3.63) is 22.8 Å². The molecule has 1 amide bonds. The smallest absolute Gasteiger partial charge is 0.253 e. The zero-order chi connectivity index (χ0) is 12.7. The Morgan fingerprint density at radius 1 is 1.39 bits per heavy atom. The van der Waals surface area contributed by atoms with Crippen molar-refractivity contribution in [2.45, 2.75) is 31.7 Å². The molecule has 0 aromatic carbocycles. The molecule has 3 rings (SSSR count). The monoisotopic (exact) mass is 265 g/mol. The lowest BCUT2D eigenvalue weighted by atomic mass is 10.1. The fourth-order valence-electron chi connectivity index (χ4n) is 2.34. The van der Waals surface area contributed by atoms with E-state index in [0.29, 0.717) is 28.5 Å². The molecule has 2 aliphatic rings. The first-order valence-electron chi connectivity index (χ1n) is 6.37. The molecule has 2 aliphatic carbocycles. The topological polar surface area (TPSA) is 68.0 Å². The zero-order valence-corrected chi connectivity index (χ0v) is 10.8. The van der Waals surface area contributed by atoms with Gasteiger partial charge in [-0.1, -0.05) is 11.6 Å². The van der Waals surface area contributed by atoms with Gasteiger partial charge in [-0.15, -0.1) is 0 Å². The third-order valence-electron chi connectivity index (χ3n) is 3.69. The number of amides is 1. The number of nitrogens with zero attached hydrogens (tertiary/aromatic N) is 1. The number of hydrogen-bond acceptors (Lipinski definition) is 3. The summed E-state index contributed by atoms with van der Waals surface area (Å²) in [6.07, 6.45) is 6.43. The van der Waals surface area contributed by atoms with Crippen LogP contribution in [0.25, 0.3) is 0 Å². The van der Waals surface area contributed by atoms with Gasteiger partial charge in [0.2, 0.25) is 0 Å². The van der Waals surface area contributed by atoms with Crippen LogP contribution in [-0.2, 0) is 0 Å². The molecule has 2 saturated carbocycles. The Morgan fingerprint density at radius 3 is 2.50 bits per heavy atom. The first-order valence-corrected chi connectivity index (χ1v) is 6.75. The number of nitrogens with two attached hydrogens (primary N) is 1. The number of halogens is 1. The van der Waals surface area contributed by atoms with E-state index >= 15 is 0 Å². The number of hydrogen-bond donors (Lipinski definition) is 2. The highest BCUT2D eigenvalue weighted by Gasteiger charge is 2.42. The minimum absolute atomic E-state index is 0.0896. The van der Waals surface area contributed by atoms with Crippen LogP contribution < -0.4 is 11.1 Å². The lowest BCUT2D eigenvalue weighted by Crippen LogP contribution is -2.38. The van der Waals surface area contributed by atoms with Gasteiger partial charge in [-0.2, -0.15) is 0 Å². The fraction of sp³-hybridized carbons (Fsp3) is 0.538. The molecule has 0 radical (unpaired) electrons. The van der Waals surface area contributed by atoms with E-state index in [1.165, 1.54) is 31.9 Å². The fourth-order valence-corrected chi connectivity index (χ4v) is 2.50. The van der Waals surface area contributed by atoms with Gasteiger partial charge in [0.15, 0.2) is 0 Å². The van der Waals surface area contributed by atoms with Crippen molar-refractivity contribution in [1.82, 2.24) is 10.3 Å². The lowest BCUT2D eigenvalue weighted by molar-refractivity contribution is 0.0926. The Balaban J connectivity index is 1.71. The van der Waals surface area contributed by atoms with E-state index in [0.717, 1.165) is 0 Å². The molecule has 1 aromatic rings. The molecule has 0 spiro atoms. The van der Waals surface area contributed by atoms with E-state index in [2.05, 4.69) is 10.3 Å². The van der Waals surface area contributed by atoms with Gasteiger partial charge in [0.25, 0.3) is 5.91 Å². The van der Waals surface area contributed by atoms with Crippen molar-refractivity contribution in [2.75, 3.05) is 5.73 Å². The standard InChI is InChI=1S/C13H16ClN3O/c14-10-5-9(6-16-12(10)15)13(18)17-11(7-1-2-7)8-3-4-8/h5-8,11H,1-4H2,(H2,15,16)(H,17,18). The number of pyridine rings is 1. The van der Waals surface area contributed by atoms with Crippen LogP contribution in [0.1, 0.15) is 36.0 Å². The first-order chi connectivity index (χ1) is 8.65. The van der Waals surface area contributed by atoms with Gasteiger partial charge in [0.05, 0.1) is 10.6 Å². The summed E-state index contributed by atoms with van der Waals surface area (Å²) >= 11 is 5.88. The van der Waals surface area contributed by atoms with E-state index in [9.17, 15) is 4.79 Å². The van der Waals surface area contributed by atoms with Gasteiger partial charge in [0, 0.05) is 12.2 Å². The molecule has 0 unspecified atom stereocenters. The minimum Gasteiger partial charge on any atom is -0.382 e. The maximum Gasteiger partial charge on any atom is 0.253 e. The van der Waals surface area contributed by atoms with E-state index in [4.69, 9.17) is 17.3 Å². The van der Waals surface area contributed by atoms with Crippen LogP contribution >= 0.6 is 11.6 Å². The van der Waals surface area contributed by atoms with Gasteiger partial charge >= 0.3 is 0 Å². The number of nitrogen functional groups attached to an aromatic ring is 1. The highest BCUT2D eigenvalue weighted by Crippen LogP contribution is 2.44. The molecule has 1 heterocycles. The summed E-state index contributed by atoms with van der Waals surface area (Å²) in [4.78, 5) is 16.0. The van der Waals surface area contributed by atoms with Crippen LogP contribution in [0.4, 0.5) is 5.82 Å². The summed E-state index contributed by atoms with van der Waals surface area (Å²) in [6, 6.07) is 1.92. The summed E-state index contributed by atoms with van der Waals surface area (Å²) in [5.41, 5.74) is 6.02. The molecule has 96 valence electrons. The maximum absolute atomic E-state index is 12.1. The third kappa shape index (κ3) is 2.43. The number of carbonyl (C=O) groups is 1. The molecule has 0 atom stereocenters. The van der Waals surface area contributed by atoms with Gasteiger partial charge in [0.1, 0.15) is 5.82 Å². The number of nitrogens with one attached hydrogen (secondary N) is 1. The summed E-state index contributed by atoms with van der Waals surface area (Å²) in [5.74, 6) is 1.53. The lowest BCUT2D eigenvalue weighted by Gasteiger charge is -2.17. The number of carbonyl (C=O) groups excluding carboxylic acids is 1. The molecule has 1 aromatic heterocycles. The van der Waals surface area contributed by atoms with Gasteiger partial charge in [-0.05, 0) is 43.6 Å². The van der Waals surface area contributed by atoms with E-state index in [1.807, 2.05) is 0 Å². The second-order valence-corrected chi connectivity index (χ2v) is 5.67. The van der Waals surface area contributed by atoms with Gasteiger partial charge in [-0.3, -0.25) is 4.79 Å². The first kappa shape index (κ1) is 11.8. The van der Waals surface area contributed by atoms with E-state index in [-0.39, 0.29) is 11.7 Å². The molecule has 4 nitrogen and oxygen atoms in total. The quantitative estimate of drug-likeness (QED) is 0.877. The Morgan fingerprint density at radius 2 is 2.00 bits per heavy atom. The van der Waals surface area contributed by atoms with Crippen LogP contribution in [0, 0.1) is 11.8 Å². The minimum atomic E-state index is -0.0896. The molecule has 0 saturated heterocycles.